The number of hydrogen-bond acceptors (Lipinski definition) is 6. The number of rotatable bonds is 14. The van der Waals surface area contributed by atoms with Gasteiger partial charge in [0.25, 0.3) is 0 Å². The van der Waals surface area contributed by atoms with E-state index in [-0.39, 0.29) is 30.5 Å². The van der Waals surface area contributed by atoms with Gasteiger partial charge in [-0.2, -0.15) is 0 Å². The Morgan fingerprint density at radius 3 is 2.14 bits per heavy atom. The van der Waals surface area contributed by atoms with Gasteiger partial charge >= 0.3 is 0 Å². The monoisotopic (exact) mass is 649 g/mol. The van der Waals surface area contributed by atoms with Crippen molar-refractivity contribution in [1.29, 1.82) is 0 Å². The smallest absolute Gasteiger partial charge is 0.244 e. The number of benzene rings is 3. The quantitative estimate of drug-likeness (QED) is 0.258. The standard InChI is InChI=1S/C31H37Cl2N3O6S/c1-21(2)18-34-31(38)27(16-22-9-7-6-8-10-22)35(19-23-11-13-25(32)26(33)15-23)30(37)20-36(43(5,39)40)24-12-14-28(41-3)29(17-24)42-4/h6-15,17,21,27H,16,18-20H2,1-5H3,(H,34,38)/t27-/m0/s1. The Labute approximate surface area is 263 Å². The molecule has 0 saturated carbocycles. The first-order valence-electron chi connectivity index (χ1n) is 13.6. The van der Waals surface area contributed by atoms with Crippen LogP contribution in [0.15, 0.2) is 66.7 Å². The lowest BCUT2D eigenvalue weighted by molar-refractivity contribution is -0.140. The summed E-state index contributed by atoms with van der Waals surface area (Å²) in [6.45, 7) is 3.75. The van der Waals surface area contributed by atoms with Gasteiger partial charge in [-0.1, -0.05) is 73.4 Å². The van der Waals surface area contributed by atoms with Gasteiger partial charge in [0.2, 0.25) is 21.8 Å². The third-order valence-corrected chi connectivity index (χ3v) is 8.51. The predicted octanol–water partition coefficient (Wildman–Crippen LogP) is 5.19. The molecule has 0 spiro atoms. The van der Waals surface area contributed by atoms with Crippen LogP contribution in [0.4, 0.5) is 5.69 Å². The van der Waals surface area contributed by atoms with E-state index in [1.807, 2.05) is 44.2 Å². The van der Waals surface area contributed by atoms with Crippen LogP contribution < -0.4 is 19.1 Å². The van der Waals surface area contributed by atoms with Gasteiger partial charge in [0.05, 0.1) is 36.2 Å². The Morgan fingerprint density at radius 1 is 0.884 bits per heavy atom. The lowest BCUT2D eigenvalue weighted by atomic mass is 10.0. The second kappa shape index (κ2) is 15.3. The molecule has 0 unspecified atom stereocenters. The molecule has 0 bridgehead atoms. The maximum Gasteiger partial charge on any atom is 0.244 e. The average Bonchev–Trinajstić information content (AvgIpc) is 2.97. The highest BCUT2D eigenvalue weighted by Crippen LogP contribution is 2.32. The first kappa shape index (κ1) is 34.0. The molecule has 0 aliphatic carbocycles. The van der Waals surface area contributed by atoms with Gasteiger partial charge in [0.15, 0.2) is 11.5 Å². The summed E-state index contributed by atoms with van der Waals surface area (Å²) >= 11 is 12.4. The van der Waals surface area contributed by atoms with Gasteiger partial charge in [-0.25, -0.2) is 8.42 Å². The Bertz CT molecular complexity index is 1520. The number of hydrogen-bond donors (Lipinski definition) is 1. The third-order valence-electron chi connectivity index (χ3n) is 6.63. The normalized spacial score (nSPS) is 12.0. The lowest BCUT2D eigenvalue weighted by Crippen LogP contribution is -2.53. The van der Waals surface area contributed by atoms with E-state index < -0.39 is 28.5 Å². The third kappa shape index (κ3) is 9.51. The van der Waals surface area contributed by atoms with Crippen molar-refractivity contribution in [3.63, 3.8) is 0 Å². The SMILES string of the molecule is COc1ccc(N(CC(=O)N(Cc2ccc(Cl)c(Cl)c2)[C@@H](Cc2ccccc2)C(=O)NCC(C)C)S(C)(=O)=O)cc1OC. The van der Waals surface area contributed by atoms with Crippen molar-refractivity contribution in [2.24, 2.45) is 5.92 Å². The number of methoxy groups -OCH3 is 2. The van der Waals surface area contributed by atoms with Crippen LogP contribution in [0.3, 0.4) is 0 Å². The fourth-order valence-electron chi connectivity index (χ4n) is 4.40. The minimum atomic E-state index is -3.95. The van der Waals surface area contributed by atoms with Crippen LogP contribution in [0.25, 0.3) is 0 Å². The minimum Gasteiger partial charge on any atom is -0.493 e. The summed E-state index contributed by atoms with van der Waals surface area (Å²) in [6.07, 6.45) is 1.21. The topological polar surface area (TPSA) is 105 Å². The summed E-state index contributed by atoms with van der Waals surface area (Å²) in [6, 6.07) is 17.9. The van der Waals surface area contributed by atoms with Crippen molar-refractivity contribution >= 4 is 50.7 Å². The van der Waals surface area contributed by atoms with Crippen molar-refractivity contribution < 1.29 is 27.5 Å². The summed E-state index contributed by atoms with van der Waals surface area (Å²) in [5, 5.41) is 3.58. The van der Waals surface area contributed by atoms with Crippen molar-refractivity contribution in [1.82, 2.24) is 10.2 Å². The number of anilines is 1. The molecule has 0 aliphatic heterocycles. The molecule has 9 nitrogen and oxygen atoms in total. The molecule has 12 heteroatoms. The van der Waals surface area contributed by atoms with E-state index in [0.717, 1.165) is 16.1 Å². The molecular formula is C31H37Cl2N3O6S. The molecule has 3 aromatic rings. The van der Waals surface area contributed by atoms with Gasteiger partial charge < -0.3 is 19.7 Å². The number of carbonyl (C=O) groups excluding carboxylic acids is 2. The highest BCUT2D eigenvalue weighted by atomic mass is 35.5. The largest absolute Gasteiger partial charge is 0.493 e. The van der Waals surface area contributed by atoms with Crippen molar-refractivity contribution in [2.45, 2.75) is 32.9 Å². The zero-order valence-electron chi connectivity index (χ0n) is 24.8. The zero-order chi connectivity index (χ0) is 31.7. The predicted molar refractivity (Wildman–Crippen MR) is 171 cm³/mol. The van der Waals surface area contributed by atoms with E-state index >= 15 is 0 Å². The first-order valence-corrected chi connectivity index (χ1v) is 16.2. The molecular weight excluding hydrogens is 613 g/mol. The van der Waals surface area contributed by atoms with E-state index in [1.54, 1.807) is 24.3 Å². The van der Waals surface area contributed by atoms with Crippen LogP contribution in [-0.2, 0) is 32.6 Å². The molecule has 0 aliphatic rings. The van der Waals surface area contributed by atoms with E-state index in [0.29, 0.717) is 33.7 Å². The molecule has 1 atom stereocenters. The molecule has 232 valence electrons. The molecule has 0 fully saturated rings. The van der Waals surface area contributed by atoms with Gasteiger partial charge in [-0.3, -0.25) is 13.9 Å². The minimum absolute atomic E-state index is 0.0220. The number of sulfonamides is 1. The lowest BCUT2D eigenvalue weighted by Gasteiger charge is -2.33. The molecule has 3 aromatic carbocycles. The highest BCUT2D eigenvalue weighted by molar-refractivity contribution is 7.92. The Kier molecular flexibility index (Phi) is 12.1. The number of nitrogens with one attached hydrogen (secondary N) is 1. The average molecular weight is 651 g/mol. The molecule has 0 radical (unpaired) electrons. The van der Waals surface area contributed by atoms with Crippen molar-refractivity contribution in [3.05, 3.63) is 87.9 Å². The summed E-state index contributed by atoms with van der Waals surface area (Å²) < 4.78 is 37.7. The highest BCUT2D eigenvalue weighted by Gasteiger charge is 2.33. The van der Waals surface area contributed by atoms with E-state index in [4.69, 9.17) is 32.7 Å². The van der Waals surface area contributed by atoms with E-state index in [2.05, 4.69) is 5.32 Å². The van der Waals surface area contributed by atoms with Crippen LogP contribution in [0.2, 0.25) is 10.0 Å². The van der Waals surface area contributed by atoms with Gasteiger partial charge in [-0.15, -0.1) is 0 Å². The molecule has 43 heavy (non-hydrogen) atoms. The first-order chi connectivity index (χ1) is 20.3. The Balaban J connectivity index is 2.09. The van der Waals surface area contributed by atoms with Crippen molar-refractivity contribution in [2.75, 3.05) is 37.9 Å². The summed E-state index contributed by atoms with van der Waals surface area (Å²) in [4.78, 5) is 29.3. The van der Waals surface area contributed by atoms with E-state index in [9.17, 15) is 18.0 Å². The molecule has 0 saturated heterocycles. The number of ether oxygens (including phenoxy) is 2. The van der Waals surface area contributed by atoms with Crippen LogP contribution in [0.5, 0.6) is 11.5 Å². The summed E-state index contributed by atoms with van der Waals surface area (Å²) in [7, 11) is -1.06. The maximum absolute atomic E-state index is 14.2. The van der Waals surface area contributed by atoms with E-state index in [1.165, 1.54) is 31.3 Å². The van der Waals surface area contributed by atoms with Crippen molar-refractivity contribution in [3.8, 4) is 11.5 Å². The molecule has 3 rings (SSSR count). The summed E-state index contributed by atoms with van der Waals surface area (Å²) in [5.74, 6) is -0.0815. The van der Waals surface area contributed by atoms with Gasteiger partial charge in [0.1, 0.15) is 12.6 Å². The molecule has 0 aromatic heterocycles. The second-order valence-electron chi connectivity index (χ2n) is 10.4. The van der Waals surface area contributed by atoms with Crippen LogP contribution >= 0.6 is 23.2 Å². The zero-order valence-corrected chi connectivity index (χ0v) is 27.2. The van der Waals surface area contributed by atoms with Crippen LogP contribution in [0, 0.1) is 5.92 Å². The maximum atomic E-state index is 14.2. The molecule has 2 amide bonds. The molecule has 1 N–H and O–H groups in total. The van der Waals surface area contributed by atoms with Gasteiger partial charge in [-0.05, 0) is 41.3 Å². The Hall–Kier alpha value is -3.47. The number of halogens is 2. The fraction of sp³-hybridized carbons (Fsp3) is 0.355. The van der Waals surface area contributed by atoms with Gasteiger partial charge in [0, 0.05) is 25.6 Å². The molecule has 0 heterocycles. The van der Waals surface area contributed by atoms with Crippen LogP contribution in [-0.4, -0.2) is 64.7 Å². The number of carbonyl (C=O) groups is 2. The summed E-state index contributed by atoms with van der Waals surface area (Å²) in [5.41, 5.74) is 1.65. The number of nitrogens with zero attached hydrogens (tertiary/aromatic N) is 2. The fourth-order valence-corrected chi connectivity index (χ4v) is 5.57. The van der Waals surface area contributed by atoms with Crippen LogP contribution in [0.1, 0.15) is 25.0 Å². The second-order valence-corrected chi connectivity index (χ2v) is 13.1. The number of amides is 2. The Morgan fingerprint density at radius 2 is 1.56 bits per heavy atom.